The zero-order valence-electron chi connectivity index (χ0n) is 22.6. The van der Waals surface area contributed by atoms with E-state index in [2.05, 4.69) is 4.57 Å². The van der Waals surface area contributed by atoms with Crippen LogP contribution in [0.3, 0.4) is 0 Å². The van der Waals surface area contributed by atoms with Gasteiger partial charge in [0.15, 0.2) is 0 Å². The van der Waals surface area contributed by atoms with Crippen molar-refractivity contribution in [2.75, 3.05) is 19.7 Å². The van der Waals surface area contributed by atoms with E-state index in [-0.39, 0.29) is 23.4 Å². The van der Waals surface area contributed by atoms with Crippen molar-refractivity contribution in [2.24, 2.45) is 23.1 Å². The Hall–Kier alpha value is -3.34. The van der Waals surface area contributed by atoms with Crippen LogP contribution in [0.4, 0.5) is 9.18 Å². The molecule has 2 unspecified atom stereocenters. The quantitative estimate of drug-likeness (QED) is 0.411. The lowest BCUT2D eigenvalue weighted by atomic mass is 9.77. The van der Waals surface area contributed by atoms with Crippen LogP contribution in [0.5, 0.6) is 5.75 Å². The smallest absolute Gasteiger partial charge is 0.404 e. The molecule has 1 saturated carbocycles. The van der Waals surface area contributed by atoms with Crippen LogP contribution in [0, 0.1) is 11.7 Å². The number of piperidine rings is 1. The van der Waals surface area contributed by atoms with Crippen LogP contribution in [-0.2, 0) is 16.8 Å². The molecule has 3 aromatic rings. The average molecular weight is 582 g/mol. The van der Waals surface area contributed by atoms with Gasteiger partial charge in [0.1, 0.15) is 22.7 Å². The summed E-state index contributed by atoms with van der Waals surface area (Å²) in [5, 5.41) is 0.906. The van der Waals surface area contributed by atoms with Gasteiger partial charge >= 0.3 is 6.09 Å². The summed E-state index contributed by atoms with van der Waals surface area (Å²) in [5.74, 6) is 0.270. The summed E-state index contributed by atoms with van der Waals surface area (Å²) >= 11 is 6.54. The fraction of sp³-hybridized carbons (Fsp3) is 0.467. The van der Waals surface area contributed by atoms with Crippen molar-refractivity contribution in [3.8, 4) is 5.75 Å². The normalized spacial score (nSPS) is 27.0. The van der Waals surface area contributed by atoms with E-state index in [1.807, 2.05) is 12.1 Å². The summed E-state index contributed by atoms with van der Waals surface area (Å²) in [4.78, 5) is 26.6. The Morgan fingerprint density at radius 2 is 1.98 bits per heavy atom. The number of halogens is 2. The highest BCUT2D eigenvalue weighted by Crippen LogP contribution is 2.58. The lowest BCUT2D eigenvalue weighted by Crippen LogP contribution is -2.49. The Morgan fingerprint density at radius 1 is 1.17 bits per heavy atom. The maximum atomic E-state index is 14.6. The predicted octanol–water partition coefficient (Wildman–Crippen LogP) is 4.28. The molecule has 41 heavy (non-hydrogen) atoms. The van der Waals surface area contributed by atoms with Gasteiger partial charge in [-0.25, -0.2) is 9.18 Å². The van der Waals surface area contributed by atoms with E-state index in [1.54, 1.807) is 17.0 Å². The van der Waals surface area contributed by atoms with Crippen LogP contribution in [-0.4, -0.2) is 47.3 Å². The molecule has 216 valence electrons. The molecule has 9 nitrogen and oxygen atoms in total. The molecule has 4 atom stereocenters. The molecule has 2 amide bonds. The first-order chi connectivity index (χ1) is 19.7. The van der Waals surface area contributed by atoms with E-state index in [1.165, 1.54) is 6.07 Å². The Labute approximate surface area is 241 Å². The van der Waals surface area contributed by atoms with Gasteiger partial charge in [-0.1, -0.05) is 11.6 Å². The first-order valence-electron chi connectivity index (χ1n) is 14.2. The average Bonchev–Trinajstić information content (AvgIpc) is 3.66. The second kappa shape index (κ2) is 9.61. The van der Waals surface area contributed by atoms with Crippen molar-refractivity contribution < 1.29 is 23.5 Å². The summed E-state index contributed by atoms with van der Waals surface area (Å²) in [6.45, 7) is 1.92. The lowest BCUT2D eigenvalue weighted by molar-refractivity contribution is 0.0373. The molecule has 2 aliphatic carbocycles. The van der Waals surface area contributed by atoms with Crippen LogP contribution >= 0.6 is 11.6 Å². The highest BCUT2D eigenvalue weighted by atomic mass is 35.5. The summed E-state index contributed by atoms with van der Waals surface area (Å²) in [6.07, 6.45) is 2.91. The Balaban J connectivity index is 1.30. The number of hydrogen-bond donors (Lipinski definition) is 3. The number of ether oxygens (including phenoxy) is 2. The van der Waals surface area contributed by atoms with Crippen molar-refractivity contribution in [2.45, 2.75) is 62.3 Å². The molecule has 0 spiro atoms. The number of benzene rings is 2. The molecule has 6 N–H and O–H groups in total. The standard InChI is InChI=1S/C30H33ClFN5O4/c31-25-21(32)6-5-16-12-23(37(26(16)25)13-15-3-4-15)30(35)20-7-9-40-22-11-17(10-19(24(20)22)27(30)33)28(38)36-8-1-2-18(14-36)41-29(34)39/h5-6,10-12,15,18,20,27H,1-4,7-9,13-14,33,35H2,(H2,34,39)/t18-,20?,27?,30-/m1/s1. The summed E-state index contributed by atoms with van der Waals surface area (Å²) < 4.78 is 28.0. The van der Waals surface area contributed by atoms with Gasteiger partial charge in [-0.3, -0.25) is 4.79 Å². The first kappa shape index (κ1) is 26.6. The second-order valence-electron chi connectivity index (χ2n) is 11.9. The fourth-order valence-electron chi connectivity index (χ4n) is 7.21. The van der Waals surface area contributed by atoms with Crippen LogP contribution in [0.25, 0.3) is 10.9 Å². The van der Waals surface area contributed by atoms with Gasteiger partial charge in [0.2, 0.25) is 0 Å². The number of aromatic nitrogens is 1. The van der Waals surface area contributed by atoms with Gasteiger partial charge in [0.05, 0.1) is 30.2 Å². The van der Waals surface area contributed by atoms with Crippen molar-refractivity contribution in [1.82, 2.24) is 9.47 Å². The molecule has 0 radical (unpaired) electrons. The molecule has 11 heteroatoms. The third kappa shape index (κ3) is 4.18. The van der Waals surface area contributed by atoms with Gasteiger partial charge in [-0.05, 0) is 73.9 Å². The minimum Gasteiger partial charge on any atom is -0.493 e. The fourth-order valence-corrected chi connectivity index (χ4v) is 7.48. The number of carbonyl (C=O) groups is 2. The molecule has 4 aliphatic rings. The molecule has 3 heterocycles. The van der Waals surface area contributed by atoms with E-state index in [9.17, 15) is 14.0 Å². The number of amides is 2. The van der Waals surface area contributed by atoms with E-state index in [4.69, 9.17) is 38.3 Å². The topological polar surface area (TPSA) is 139 Å². The number of hydrogen-bond acceptors (Lipinski definition) is 6. The molecule has 0 bridgehead atoms. The second-order valence-corrected chi connectivity index (χ2v) is 12.3. The maximum absolute atomic E-state index is 14.6. The van der Waals surface area contributed by atoms with E-state index < -0.39 is 29.6 Å². The molecule has 7 rings (SSSR count). The number of primary amides is 1. The van der Waals surface area contributed by atoms with Crippen molar-refractivity contribution in [3.63, 3.8) is 0 Å². The zero-order chi connectivity index (χ0) is 28.6. The highest BCUT2D eigenvalue weighted by molar-refractivity contribution is 6.35. The van der Waals surface area contributed by atoms with Crippen molar-refractivity contribution in [1.29, 1.82) is 0 Å². The monoisotopic (exact) mass is 581 g/mol. The van der Waals surface area contributed by atoms with E-state index in [0.29, 0.717) is 61.7 Å². The Morgan fingerprint density at radius 3 is 2.73 bits per heavy atom. The first-order valence-corrected chi connectivity index (χ1v) is 14.6. The summed E-state index contributed by atoms with van der Waals surface area (Å²) in [6, 6.07) is 8.08. The van der Waals surface area contributed by atoms with Crippen LogP contribution in [0.2, 0.25) is 5.02 Å². The summed E-state index contributed by atoms with van der Waals surface area (Å²) in [7, 11) is 0. The third-order valence-corrected chi connectivity index (χ3v) is 9.70. The number of fused-ring (bicyclic) bond motifs is 1. The minimum absolute atomic E-state index is 0.0859. The Kier molecular flexibility index (Phi) is 6.22. The van der Waals surface area contributed by atoms with Crippen molar-refractivity contribution in [3.05, 3.63) is 63.6 Å². The molecule has 2 fully saturated rings. The highest BCUT2D eigenvalue weighted by Gasteiger charge is 2.55. The van der Waals surface area contributed by atoms with Gasteiger partial charge in [-0.15, -0.1) is 0 Å². The van der Waals surface area contributed by atoms with E-state index in [0.717, 1.165) is 35.0 Å². The predicted molar refractivity (Wildman–Crippen MR) is 151 cm³/mol. The van der Waals surface area contributed by atoms with E-state index >= 15 is 0 Å². The van der Waals surface area contributed by atoms with Crippen LogP contribution in [0.1, 0.15) is 71.2 Å². The molecule has 1 aromatic heterocycles. The molecular formula is C30H33ClFN5O4. The molecule has 2 aliphatic heterocycles. The molecule has 1 saturated heterocycles. The lowest BCUT2D eigenvalue weighted by Gasteiger charge is -2.38. The minimum atomic E-state index is -1.03. The summed E-state index contributed by atoms with van der Waals surface area (Å²) in [5.41, 5.74) is 22.3. The molecular weight excluding hydrogens is 549 g/mol. The van der Waals surface area contributed by atoms with Gasteiger partial charge in [-0.2, -0.15) is 0 Å². The maximum Gasteiger partial charge on any atom is 0.404 e. The Bertz CT molecular complexity index is 1590. The van der Waals surface area contributed by atoms with Gasteiger partial charge < -0.3 is 36.1 Å². The third-order valence-electron chi connectivity index (χ3n) is 9.34. The van der Waals surface area contributed by atoms with Crippen molar-refractivity contribution >= 4 is 34.5 Å². The number of likely N-dealkylation sites (tertiary alicyclic amines) is 1. The van der Waals surface area contributed by atoms with Gasteiger partial charge in [0.25, 0.3) is 5.91 Å². The zero-order valence-corrected chi connectivity index (χ0v) is 23.3. The number of nitrogens with zero attached hydrogens (tertiary/aromatic N) is 2. The van der Waals surface area contributed by atoms with Crippen LogP contribution < -0.4 is 21.9 Å². The van der Waals surface area contributed by atoms with Gasteiger partial charge in [0, 0.05) is 41.2 Å². The number of carbonyl (C=O) groups excluding carboxylic acids is 2. The number of nitrogens with two attached hydrogens (primary N) is 3. The number of rotatable bonds is 5. The SMILES string of the molecule is NC(=O)O[C@@H]1CCCN(C(=O)c2cc3c4c(c2)C(N)[C@](N)(c2cc5ccc(F)c(Cl)c5n2CC2CC2)C4CCO3)C1. The van der Waals surface area contributed by atoms with Crippen LogP contribution in [0.15, 0.2) is 30.3 Å². The largest absolute Gasteiger partial charge is 0.493 e. The molecule has 2 aromatic carbocycles.